The van der Waals surface area contributed by atoms with Gasteiger partial charge in [-0.15, -0.1) is 0 Å². The van der Waals surface area contributed by atoms with Crippen molar-refractivity contribution in [3.63, 3.8) is 0 Å². The standard InChI is InChI=1S/C14H23N3O3/c1-6-20-13(19)11(14(2,3)4)12(18)16-9-10-15-7-8-17(10)5/h7-8,11H,6,9H2,1-5H3,(H,16,18). The first-order valence-corrected chi connectivity index (χ1v) is 6.68. The highest BCUT2D eigenvalue weighted by molar-refractivity contribution is 5.98. The number of amides is 1. The normalized spacial score (nSPS) is 12.8. The van der Waals surface area contributed by atoms with Crippen LogP contribution in [0.1, 0.15) is 33.5 Å². The molecule has 1 atom stereocenters. The van der Waals surface area contributed by atoms with Crippen molar-refractivity contribution in [1.29, 1.82) is 0 Å². The monoisotopic (exact) mass is 281 g/mol. The van der Waals surface area contributed by atoms with E-state index in [-0.39, 0.29) is 19.1 Å². The second-order valence-electron chi connectivity index (χ2n) is 5.72. The van der Waals surface area contributed by atoms with Crippen LogP contribution in [0.25, 0.3) is 0 Å². The predicted molar refractivity (Wildman–Crippen MR) is 74.6 cm³/mol. The highest BCUT2D eigenvalue weighted by atomic mass is 16.5. The maximum Gasteiger partial charge on any atom is 0.319 e. The van der Waals surface area contributed by atoms with Gasteiger partial charge in [-0.05, 0) is 12.3 Å². The Bertz CT molecular complexity index is 474. The lowest BCUT2D eigenvalue weighted by atomic mass is 9.80. The Hall–Kier alpha value is -1.85. The molecule has 0 saturated heterocycles. The van der Waals surface area contributed by atoms with Gasteiger partial charge in [-0.25, -0.2) is 4.98 Å². The summed E-state index contributed by atoms with van der Waals surface area (Å²) in [5.41, 5.74) is -0.502. The van der Waals surface area contributed by atoms with Crippen LogP contribution in [-0.2, 0) is 27.9 Å². The number of hydrogen-bond acceptors (Lipinski definition) is 4. The van der Waals surface area contributed by atoms with Crippen LogP contribution in [0, 0.1) is 11.3 Å². The molecule has 1 unspecified atom stereocenters. The fourth-order valence-electron chi connectivity index (χ4n) is 1.91. The number of aryl methyl sites for hydroxylation is 1. The highest BCUT2D eigenvalue weighted by Gasteiger charge is 2.38. The third-order valence-electron chi connectivity index (χ3n) is 2.99. The predicted octanol–water partition coefficient (Wildman–Crippen LogP) is 1.26. The SMILES string of the molecule is CCOC(=O)C(C(=O)NCc1nccn1C)C(C)(C)C. The lowest BCUT2D eigenvalue weighted by Gasteiger charge is -2.27. The summed E-state index contributed by atoms with van der Waals surface area (Å²) in [5.74, 6) is -0.922. The van der Waals surface area contributed by atoms with Crippen molar-refractivity contribution >= 4 is 11.9 Å². The van der Waals surface area contributed by atoms with Gasteiger partial charge >= 0.3 is 5.97 Å². The van der Waals surface area contributed by atoms with E-state index in [4.69, 9.17) is 4.74 Å². The number of ether oxygens (including phenoxy) is 1. The van der Waals surface area contributed by atoms with Crippen molar-refractivity contribution < 1.29 is 14.3 Å². The van der Waals surface area contributed by atoms with Gasteiger partial charge in [0.1, 0.15) is 11.7 Å². The minimum atomic E-state index is -0.831. The average Bonchev–Trinajstić information content (AvgIpc) is 2.71. The van der Waals surface area contributed by atoms with E-state index in [1.807, 2.05) is 32.4 Å². The molecular weight excluding hydrogens is 258 g/mol. The number of aromatic nitrogens is 2. The Balaban J connectivity index is 2.74. The van der Waals surface area contributed by atoms with Crippen LogP contribution >= 0.6 is 0 Å². The molecule has 0 aliphatic heterocycles. The summed E-state index contributed by atoms with van der Waals surface area (Å²) in [6.45, 7) is 7.80. The van der Waals surface area contributed by atoms with Crippen LogP contribution in [0.4, 0.5) is 0 Å². The van der Waals surface area contributed by atoms with Crippen LogP contribution in [0.5, 0.6) is 0 Å². The quantitative estimate of drug-likeness (QED) is 0.651. The molecule has 112 valence electrons. The zero-order valence-electron chi connectivity index (χ0n) is 12.8. The van der Waals surface area contributed by atoms with E-state index >= 15 is 0 Å². The zero-order valence-corrected chi connectivity index (χ0v) is 12.8. The van der Waals surface area contributed by atoms with Gasteiger partial charge in [0.05, 0.1) is 13.2 Å². The smallest absolute Gasteiger partial charge is 0.319 e. The lowest BCUT2D eigenvalue weighted by Crippen LogP contribution is -2.43. The van der Waals surface area contributed by atoms with E-state index in [0.717, 1.165) is 5.82 Å². The number of carbonyl (C=O) groups is 2. The van der Waals surface area contributed by atoms with Crippen molar-refractivity contribution in [2.24, 2.45) is 18.4 Å². The molecule has 0 bridgehead atoms. The van der Waals surface area contributed by atoms with Gasteiger partial charge in [0.25, 0.3) is 0 Å². The van der Waals surface area contributed by atoms with Crippen molar-refractivity contribution in [2.75, 3.05) is 6.61 Å². The van der Waals surface area contributed by atoms with E-state index in [1.54, 1.807) is 19.3 Å². The van der Waals surface area contributed by atoms with Gasteiger partial charge in [-0.1, -0.05) is 20.8 Å². The number of hydrogen-bond donors (Lipinski definition) is 1. The van der Waals surface area contributed by atoms with E-state index in [1.165, 1.54) is 0 Å². The fraction of sp³-hybridized carbons (Fsp3) is 0.643. The fourth-order valence-corrected chi connectivity index (χ4v) is 1.91. The Labute approximate surface area is 119 Å². The molecule has 1 rings (SSSR count). The molecule has 0 aliphatic carbocycles. The van der Waals surface area contributed by atoms with Crippen LogP contribution < -0.4 is 5.32 Å². The second kappa shape index (κ2) is 6.54. The molecule has 1 aromatic heterocycles. The van der Waals surface area contributed by atoms with Gasteiger partial charge in [0.2, 0.25) is 5.91 Å². The molecule has 0 fully saturated rings. The minimum absolute atomic E-state index is 0.262. The molecule has 0 aliphatic rings. The largest absolute Gasteiger partial charge is 0.465 e. The summed E-state index contributed by atoms with van der Waals surface area (Å²) >= 11 is 0. The number of carbonyl (C=O) groups excluding carboxylic acids is 2. The minimum Gasteiger partial charge on any atom is -0.465 e. The number of imidazole rings is 1. The van der Waals surface area contributed by atoms with Gasteiger partial charge < -0.3 is 14.6 Å². The second-order valence-corrected chi connectivity index (χ2v) is 5.72. The van der Waals surface area contributed by atoms with E-state index < -0.39 is 17.3 Å². The third kappa shape index (κ3) is 4.08. The number of esters is 1. The molecule has 0 radical (unpaired) electrons. The zero-order chi connectivity index (χ0) is 15.3. The van der Waals surface area contributed by atoms with Crippen molar-refractivity contribution in [2.45, 2.75) is 34.2 Å². The topological polar surface area (TPSA) is 73.2 Å². The first kappa shape index (κ1) is 16.2. The molecule has 1 N–H and O–H groups in total. The Kier molecular flexibility index (Phi) is 5.30. The van der Waals surface area contributed by atoms with Crippen LogP contribution in [0.2, 0.25) is 0 Å². The molecule has 0 spiro atoms. The molecule has 0 aromatic carbocycles. The highest BCUT2D eigenvalue weighted by Crippen LogP contribution is 2.27. The number of nitrogens with zero attached hydrogens (tertiary/aromatic N) is 2. The van der Waals surface area contributed by atoms with E-state index in [9.17, 15) is 9.59 Å². The Morgan fingerprint density at radius 2 is 2.10 bits per heavy atom. The summed E-state index contributed by atoms with van der Waals surface area (Å²) in [4.78, 5) is 28.3. The first-order chi connectivity index (χ1) is 9.27. The van der Waals surface area contributed by atoms with Gasteiger partial charge in [0, 0.05) is 19.4 Å². The summed E-state index contributed by atoms with van der Waals surface area (Å²) in [6.07, 6.45) is 3.46. The van der Waals surface area contributed by atoms with Gasteiger partial charge in [-0.3, -0.25) is 9.59 Å². The van der Waals surface area contributed by atoms with Crippen LogP contribution in [0.15, 0.2) is 12.4 Å². The number of nitrogens with one attached hydrogen (secondary N) is 1. The van der Waals surface area contributed by atoms with Crippen LogP contribution in [-0.4, -0.2) is 28.0 Å². The molecule has 6 nitrogen and oxygen atoms in total. The van der Waals surface area contributed by atoms with Crippen molar-refractivity contribution in [3.05, 3.63) is 18.2 Å². The lowest BCUT2D eigenvalue weighted by molar-refractivity contribution is -0.156. The third-order valence-corrected chi connectivity index (χ3v) is 2.99. The van der Waals surface area contributed by atoms with Gasteiger partial charge in [0.15, 0.2) is 0 Å². The first-order valence-electron chi connectivity index (χ1n) is 6.68. The molecule has 0 saturated carbocycles. The molecule has 1 aromatic rings. The van der Waals surface area contributed by atoms with E-state index in [0.29, 0.717) is 0 Å². The number of rotatable bonds is 5. The van der Waals surface area contributed by atoms with Crippen molar-refractivity contribution in [3.8, 4) is 0 Å². The van der Waals surface area contributed by atoms with Gasteiger partial charge in [-0.2, -0.15) is 0 Å². The summed E-state index contributed by atoms with van der Waals surface area (Å²) in [6, 6.07) is 0. The molecule has 20 heavy (non-hydrogen) atoms. The molecule has 6 heteroatoms. The Morgan fingerprint density at radius 3 is 2.55 bits per heavy atom. The summed E-state index contributed by atoms with van der Waals surface area (Å²) in [7, 11) is 1.85. The maximum atomic E-state index is 12.3. The molecular formula is C14H23N3O3. The molecule has 1 amide bonds. The van der Waals surface area contributed by atoms with Crippen LogP contribution in [0.3, 0.4) is 0 Å². The summed E-state index contributed by atoms with van der Waals surface area (Å²) < 4.78 is 6.81. The Morgan fingerprint density at radius 1 is 1.45 bits per heavy atom. The average molecular weight is 281 g/mol. The maximum absolute atomic E-state index is 12.3. The van der Waals surface area contributed by atoms with Crippen molar-refractivity contribution in [1.82, 2.24) is 14.9 Å². The van der Waals surface area contributed by atoms with E-state index in [2.05, 4.69) is 10.3 Å². The molecule has 1 heterocycles. The summed E-state index contributed by atoms with van der Waals surface area (Å²) in [5, 5.41) is 2.75.